The van der Waals surface area contributed by atoms with Crippen LogP contribution in [0.5, 0.6) is 11.5 Å². The van der Waals surface area contributed by atoms with Crippen molar-refractivity contribution < 1.29 is 14.9 Å². The number of nitrogens with one attached hydrogen (secondary N) is 1. The van der Waals surface area contributed by atoms with Gasteiger partial charge in [0, 0.05) is 19.3 Å². The normalized spacial score (nSPS) is 10.9. The lowest BCUT2D eigenvalue weighted by molar-refractivity contribution is 0.293. The first-order chi connectivity index (χ1) is 8.27. The van der Waals surface area contributed by atoms with Gasteiger partial charge in [-0.25, -0.2) is 0 Å². The molecule has 0 aliphatic heterocycles. The summed E-state index contributed by atoms with van der Waals surface area (Å²) in [6.07, 6.45) is 1.72. The van der Waals surface area contributed by atoms with Gasteiger partial charge >= 0.3 is 0 Å². The molecule has 0 bridgehead atoms. The maximum atomic E-state index is 9.40. The molecule has 0 saturated carbocycles. The highest BCUT2D eigenvalue weighted by molar-refractivity contribution is 5.80. The van der Waals surface area contributed by atoms with Crippen LogP contribution in [-0.2, 0) is 0 Å². The van der Waals surface area contributed by atoms with Crippen molar-refractivity contribution in [1.82, 2.24) is 5.32 Å². The highest BCUT2D eigenvalue weighted by Crippen LogP contribution is 2.25. The van der Waals surface area contributed by atoms with Gasteiger partial charge in [-0.05, 0) is 23.8 Å². The van der Waals surface area contributed by atoms with Gasteiger partial charge in [0.05, 0.1) is 20.3 Å². The highest BCUT2D eigenvalue weighted by Gasteiger charge is 2.00. The number of aliphatic imine (C=N–C) groups is 1. The highest BCUT2D eigenvalue weighted by atomic mass is 16.5. The number of rotatable bonds is 7. The van der Waals surface area contributed by atoms with Crippen molar-refractivity contribution in [3.63, 3.8) is 0 Å². The van der Waals surface area contributed by atoms with Gasteiger partial charge in [-0.1, -0.05) is 0 Å². The van der Waals surface area contributed by atoms with E-state index in [1.807, 2.05) is 0 Å². The SMILES string of the molecule is COc1cc(/C=N/CCNCCO)ccc1O. The standard InChI is InChI=1S/C12H18N2O3/c1-17-12-8-10(2-3-11(12)16)9-14-5-4-13-6-7-15/h2-3,8-9,13,15-16H,4-7H2,1H3/b14-9+. The third-order valence-corrected chi connectivity index (χ3v) is 2.15. The van der Waals surface area contributed by atoms with E-state index < -0.39 is 0 Å². The van der Waals surface area contributed by atoms with Crippen LogP contribution < -0.4 is 10.1 Å². The van der Waals surface area contributed by atoms with Crippen LogP contribution in [0.4, 0.5) is 0 Å². The number of hydrogen-bond acceptors (Lipinski definition) is 5. The minimum absolute atomic E-state index is 0.120. The van der Waals surface area contributed by atoms with Gasteiger partial charge in [0.15, 0.2) is 11.5 Å². The van der Waals surface area contributed by atoms with Crippen molar-refractivity contribution >= 4 is 6.21 Å². The number of nitrogens with zero attached hydrogens (tertiary/aromatic N) is 1. The average Bonchev–Trinajstić information content (AvgIpc) is 2.35. The second-order valence-corrected chi connectivity index (χ2v) is 3.44. The van der Waals surface area contributed by atoms with Crippen molar-refractivity contribution in [2.24, 2.45) is 4.99 Å². The minimum atomic E-state index is 0.120. The second-order valence-electron chi connectivity index (χ2n) is 3.44. The number of aliphatic hydroxyl groups excluding tert-OH is 1. The van der Waals surface area contributed by atoms with Crippen LogP contribution >= 0.6 is 0 Å². The van der Waals surface area contributed by atoms with E-state index in [0.29, 0.717) is 18.8 Å². The molecular formula is C12H18N2O3. The summed E-state index contributed by atoms with van der Waals surface area (Å²) >= 11 is 0. The molecule has 0 spiro atoms. The number of methoxy groups -OCH3 is 1. The number of phenolic OH excluding ortho intramolecular Hbond substituents is 1. The predicted molar refractivity (Wildman–Crippen MR) is 67.1 cm³/mol. The van der Waals surface area contributed by atoms with Gasteiger partial charge < -0.3 is 20.3 Å². The second kappa shape index (κ2) is 7.65. The molecule has 3 N–H and O–H groups in total. The Kier molecular flexibility index (Phi) is 6.06. The summed E-state index contributed by atoms with van der Waals surface area (Å²) in [5.74, 6) is 0.557. The zero-order valence-electron chi connectivity index (χ0n) is 9.89. The molecular weight excluding hydrogens is 220 g/mol. The van der Waals surface area contributed by atoms with Crippen molar-refractivity contribution in [2.45, 2.75) is 0 Å². The van der Waals surface area contributed by atoms with E-state index >= 15 is 0 Å². The summed E-state index contributed by atoms with van der Waals surface area (Å²) in [4.78, 5) is 4.21. The molecule has 1 aromatic carbocycles. The molecule has 0 aliphatic carbocycles. The lowest BCUT2D eigenvalue weighted by Gasteiger charge is -2.03. The summed E-state index contributed by atoms with van der Waals surface area (Å²) in [5.41, 5.74) is 0.877. The number of hydrogen-bond donors (Lipinski definition) is 3. The first-order valence-electron chi connectivity index (χ1n) is 5.46. The van der Waals surface area contributed by atoms with Gasteiger partial charge in [0.2, 0.25) is 0 Å². The van der Waals surface area contributed by atoms with Crippen LogP contribution in [0.2, 0.25) is 0 Å². The van der Waals surface area contributed by atoms with E-state index in [-0.39, 0.29) is 12.4 Å². The summed E-state index contributed by atoms with van der Waals surface area (Å²) in [6, 6.07) is 5.06. The molecule has 0 amide bonds. The third kappa shape index (κ3) is 4.84. The Morgan fingerprint density at radius 1 is 1.41 bits per heavy atom. The zero-order chi connectivity index (χ0) is 12.5. The van der Waals surface area contributed by atoms with E-state index in [1.165, 1.54) is 7.11 Å². The first kappa shape index (κ1) is 13.5. The molecule has 5 nitrogen and oxygen atoms in total. The Balaban J connectivity index is 2.42. The first-order valence-corrected chi connectivity index (χ1v) is 5.46. The van der Waals surface area contributed by atoms with Crippen LogP contribution in [0.15, 0.2) is 23.2 Å². The molecule has 0 aromatic heterocycles. The Hall–Kier alpha value is -1.59. The number of aromatic hydroxyl groups is 1. The van der Waals surface area contributed by atoms with E-state index in [2.05, 4.69) is 10.3 Å². The average molecular weight is 238 g/mol. The van der Waals surface area contributed by atoms with Crippen molar-refractivity contribution in [1.29, 1.82) is 0 Å². The topological polar surface area (TPSA) is 74.1 Å². The fourth-order valence-corrected chi connectivity index (χ4v) is 1.29. The van der Waals surface area contributed by atoms with Crippen LogP contribution in [0.25, 0.3) is 0 Å². The maximum Gasteiger partial charge on any atom is 0.161 e. The molecule has 0 radical (unpaired) electrons. The smallest absolute Gasteiger partial charge is 0.161 e. The van der Waals surface area contributed by atoms with Gasteiger partial charge in [0.1, 0.15) is 0 Å². The quantitative estimate of drug-likeness (QED) is 0.475. The Bertz CT molecular complexity index is 367. The van der Waals surface area contributed by atoms with Gasteiger partial charge in [-0.15, -0.1) is 0 Å². The van der Waals surface area contributed by atoms with Crippen molar-refractivity contribution in [3.8, 4) is 11.5 Å². The molecule has 0 fully saturated rings. The van der Waals surface area contributed by atoms with Gasteiger partial charge in [-0.2, -0.15) is 0 Å². The molecule has 0 aliphatic rings. The van der Waals surface area contributed by atoms with Crippen LogP contribution in [0.3, 0.4) is 0 Å². The molecule has 0 saturated heterocycles. The molecule has 1 aromatic rings. The molecule has 94 valence electrons. The van der Waals surface area contributed by atoms with Crippen molar-refractivity contribution in [3.05, 3.63) is 23.8 Å². The summed E-state index contributed by atoms with van der Waals surface area (Å²) in [5, 5.41) is 21.0. The maximum absolute atomic E-state index is 9.40. The molecule has 0 unspecified atom stereocenters. The minimum Gasteiger partial charge on any atom is -0.504 e. The Labute approximate surface area is 101 Å². The monoisotopic (exact) mass is 238 g/mol. The largest absolute Gasteiger partial charge is 0.504 e. The number of phenols is 1. The van der Waals surface area contributed by atoms with Gasteiger partial charge in [-0.3, -0.25) is 4.99 Å². The zero-order valence-corrected chi connectivity index (χ0v) is 9.89. The summed E-state index contributed by atoms with van der Waals surface area (Å²) in [6.45, 7) is 2.09. The predicted octanol–water partition coefficient (Wildman–Crippen LogP) is 0.402. The Morgan fingerprint density at radius 2 is 2.24 bits per heavy atom. The van der Waals surface area contributed by atoms with Crippen LogP contribution in [0.1, 0.15) is 5.56 Å². The summed E-state index contributed by atoms with van der Waals surface area (Å²) < 4.78 is 4.99. The molecule has 17 heavy (non-hydrogen) atoms. The molecule has 0 heterocycles. The van der Waals surface area contributed by atoms with Crippen LogP contribution in [0, 0.1) is 0 Å². The van der Waals surface area contributed by atoms with E-state index in [4.69, 9.17) is 9.84 Å². The lowest BCUT2D eigenvalue weighted by atomic mass is 10.2. The third-order valence-electron chi connectivity index (χ3n) is 2.15. The number of benzene rings is 1. The number of ether oxygens (including phenoxy) is 1. The number of aliphatic hydroxyl groups is 1. The Morgan fingerprint density at radius 3 is 2.94 bits per heavy atom. The fraction of sp³-hybridized carbons (Fsp3) is 0.417. The van der Waals surface area contributed by atoms with E-state index in [9.17, 15) is 5.11 Å². The molecule has 1 rings (SSSR count). The van der Waals surface area contributed by atoms with Crippen LogP contribution in [-0.4, -0.2) is 49.8 Å². The molecule has 5 heteroatoms. The fourth-order valence-electron chi connectivity index (χ4n) is 1.29. The van der Waals surface area contributed by atoms with Crippen molar-refractivity contribution in [2.75, 3.05) is 33.4 Å². The van der Waals surface area contributed by atoms with E-state index in [1.54, 1.807) is 24.4 Å². The van der Waals surface area contributed by atoms with E-state index in [0.717, 1.165) is 12.1 Å². The lowest BCUT2D eigenvalue weighted by Crippen LogP contribution is -2.21. The summed E-state index contributed by atoms with van der Waals surface area (Å²) in [7, 11) is 1.51. The molecule has 0 atom stereocenters. The van der Waals surface area contributed by atoms with Gasteiger partial charge in [0.25, 0.3) is 0 Å².